The Morgan fingerprint density at radius 2 is 1.90 bits per heavy atom. The van der Waals surface area contributed by atoms with Crippen LogP contribution in [0.15, 0.2) is 29.4 Å². The quantitative estimate of drug-likeness (QED) is 0.388. The van der Waals surface area contributed by atoms with Crippen LogP contribution in [0.4, 0.5) is 0 Å². The summed E-state index contributed by atoms with van der Waals surface area (Å²) in [4.78, 5) is 14.3. The van der Waals surface area contributed by atoms with E-state index in [1.807, 2.05) is 42.3 Å². The fourth-order valence-corrected chi connectivity index (χ4v) is 3.45. The highest BCUT2D eigenvalue weighted by Gasteiger charge is 2.39. The zero-order chi connectivity index (χ0) is 15.5. The molecule has 2 rings (SSSR count). The van der Waals surface area contributed by atoms with Gasteiger partial charge in [0.2, 0.25) is 0 Å². The molecule has 5 nitrogen and oxygen atoms in total. The van der Waals surface area contributed by atoms with Crippen LogP contribution in [0, 0.1) is 6.92 Å². The third-order valence-corrected chi connectivity index (χ3v) is 5.52. The zero-order valence-corrected chi connectivity index (χ0v) is 13.2. The van der Waals surface area contributed by atoms with E-state index in [0.717, 1.165) is 5.56 Å². The van der Waals surface area contributed by atoms with E-state index in [9.17, 15) is 4.79 Å². The molecule has 0 radical (unpaired) electrons. The fraction of sp³-hybridized carbons (Fsp3) is 0.467. The van der Waals surface area contributed by atoms with Crippen LogP contribution in [0.2, 0.25) is 0 Å². The molecule has 3 N–H and O–H groups in total. The molecule has 1 saturated heterocycles. The first-order valence-corrected chi connectivity index (χ1v) is 8.14. The molecule has 1 aromatic carbocycles. The Morgan fingerprint density at radius 3 is 2.38 bits per heavy atom. The van der Waals surface area contributed by atoms with Crippen LogP contribution in [-0.2, 0) is 0 Å². The van der Waals surface area contributed by atoms with E-state index in [1.165, 1.54) is 0 Å². The van der Waals surface area contributed by atoms with Crippen LogP contribution in [0.5, 0.6) is 0 Å². The minimum Gasteiger partial charge on any atom is -0.409 e. The molecule has 0 atom stereocenters. The van der Waals surface area contributed by atoms with E-state index >= 15 is 0 Å². The molecule has 0 aromatic heterocycles. The van der Waals surface area contributed by atoms with Gasteiger partial charge in [-0.05, 0) is 38.2 Å². The number of thioether (sulfide) groups is 1. The topological polar surface area (TPSA) is 78.9 Å². The van der Waals surface area contributed by atoms with Gasteiger partial charge in [0.15, 0.2) is 5.84 Å². The number of nitrogens with two attached hydrogens (primary N) is 1. The molecule has 0 saturated carbocycles. The lowest BCUT2D eigenvalue weighted by molar-refractivity contribution is 0.0718. The van der Waals surface area contributed by atoms with Crippen molar-refractivity contribution in [3.05, 3.63) is 35.4 Å². The molecule has 1 fully saturated rings. The first-order chi connectivity index (χ1) is 10.0. The number of rotatable bonds is 3. The summed E-state index contributed by atoms with van der Waals surface area (Å²) in [5.74, 6) is 0.293. The largest absolute Gasteiger partial charge is 0.409 e. The van der Waals surface area contributed by atoms with Gasteiger partial charge in [0.1, 0.15) is 0 Å². The summed E-state index contributed by atoms with van der Waals surface area (Å²) in [6, 6.07) is 7.61. The van der Waals surface area contributed by atoms with Crippen molar-refractivity contribution in [2.75, 3.05) is 19.3 Å². The maximum Gasteiger partial charge on any atom is 0.253 e. The standard InChI is InChI=1S/C15H21N3O2S/c1-11-3-5-12(6-4-11)13(19)18-9-7-15(21-2,8-10-18)14(16)17-20/h3-6,20H,7-10H2,1-2H3,(H2,16,17). The highest BCUT2D eigenvalue weighted by molar-refractivity contribution is 8.00. The molecule has 6 heteroatoms. The van der Waals surface area contributed by atoms with E-state index in [0.29, 0.717) is 31.5 Å². The molecular formula is C15H21N3O2S. The van der Waals surface area contributed by atoms with E-state index in [1.54, 1.807) is 11.8 Å². The first kappa shape index (κ1) is 15.7. The van der Waals surface area contributed by atoms with Crippen molar-refractivity contribution in [2.45, 2.75) is 24.5 Å². The van der Waals surface area contributed by atoms with E-state index in [2.05, 4.69) is 5.16 Å². The maximum absolute atomic E-state index is 12.5. The Balaban J connectivity index is 2.07. The smallest absolute Gasteiger partial charge is 0.253 e. The van der Waals surface area contributed by atoms with E-state index < -0.39 is 0 Å². The summed E-state index contributed by atoms with van der Waals surface area (Å²) in [5.41, 5.74) is 7.67. The molecule has 1 aliphatic rings. The second-order valence-electron chi connectivity index (χ2n) is 5.34. The van der Waals surface area contributed by atoms with Crippen LogP contribution < -0.4 is 5.73 Å². The third kappa shape index (κ3) is 3.15. The van der Waals surface area contributed by atoms with Gasteiger partial charge in [0.25, 0.3) is 5.91 Å². The van der Waals surface area contributed by atoms with Gasteiger partial charge < -0.3 is 15.8 Å². The molecule has 0 unspecified atom stereocenters. The van der Waals surface area contributed by atoms with Crippen molar-refractivity contribution < 1.29 is 10.0 Å². The van der Waals surface area contributed by atoms with Gasteiger partial charge in [-0.1, -0.05) is 22.9 Å². The molecule has 1 heterocycles. The fourth-order valence-electron chi connectivity index (χ4n) is 2.61. The van der Waals surface area contributed by atoms with Crippen molar-refractivity contribution >= 4 is 23.5 Å². The van der Waals surface area contributed by atoms with Gasteiger partial charge >= 0.3 is 0 Å². The van der Waals surface area contributed by atoms with Gasteiger partial charge in [-0.15, -0.1) is 0 Å². The van der Waals surface area contributed by atoms with Gasteiger partial charge in [-0.25, -0.2) is 0 Å². The minimum atomic E-state index is -0.362. The number of amidine groups is 1. The summed E-state index contributed by atoms with van der Waals surface area (Å²) < 4.78 is -0.362. The number of hydrogen-bond donors (Lipinski definition) is 2. The molecular weight excluding hydrogens is 286 g/mol. The predicted molar refractivity (Wildman–Crippen MR) is 86.0 cm³/mol. The highest BCUT2D eigenvalue weighted by Crippen LogP contribution is 2.35. The van der Waals surface area contributed by atoms with Crippen molar-refractivity contribution in [2.24, 2.45) is 10.9 Å². The Bertz CT molecular complexity index is 534. The average Bonchev–Trinajstić information content (AvgIpc) is 2.54. The number of likely N-dealkylation sites (tertiary alicyclic amines) is 1. The summed E-state index contributed by atoms with van der Waals surface area (Å²) in [5, 5.41) is 12.1. The lowest BCUT2D eigenvalue weighted by Gasteiger charge is -2.39. The lowest BCUT2D eigenvalue weighted by atomic mass is 9.94. The van der Waals surface area contributed by atoms with Crippen molar-refractivity contribution in [1.29, 1.82) is 0 Å². The summed E-state index contributed by atoms with van der Waals surface area (Å²) in [6.07, 6.45) is 3.35. The van der Waals surface area contributed by atoms with Crippen molar-refractivity contribution in [1.82, 2.24) is 4.90 Å². The Kier molecular flexibility index (Phi) is 4.77. The van der Waals surface area contributed by atoms with Crippen molar-refractivity contribution in [3.8, 4) is 0 Å². The van der Waals surface area contributed by atoms with Gasteiger partial charge in [-0.2, -0.15) is 11.8 Å². The zero-order valence-electron chi connectivity index (χ0n) is 12.4. The number of benzene rings is 1. The van der Waals surface area contributed by atoms with E-state index in [-0.39, 0.29) is 16.5 Å². The average molecular weight is 307 g/mol. The van der Waals surface area contributed by atoms with Gasteiger partial charge in [-0.3, -0.25) is 4.79 Å². The molecule has 0 aliphatic carbocycles. The first-order valence-electron chi connectivity index (χ1n) is 6.91. The molecule has 0 spiro atoms. The lowest BCUT2D eigenvalue weighted by Crippen LogP contribution is -2.51. The summed E-state index contributed by atoms with van der Waals surface area (Å²) in [6.45, 7) is 3.23. The molecule has 1 aliphatic heterocycles. The highest BCUT2D eigenvalue weighted by atomic mass is 32.2. The number of oxime groups is 1. The maximum atomic E-state index is 12.5. The number of aryl methyl sites for hydroxylation is 1. The van der Waals surface area contributed by atoms with Gasteiger partial charge in [0.05, 0.1) is 4.75 Å². The van der Waals surface area contributed by atoms with Gasteiger partial charge in [0, 0.05) is 18.7 Å². The predicted octanol–water partition coefficient (Wildman–Crippen LogP) is 2.08. The van der Waals surface area contributed by atoms with Crippen LogP contribution in [0.25, 0.3) is 0 Å². The van der Waals surface area contributed by atoms with E-state index in [4.69, 9.17) is 10.9 Å². The second kappa shape index (κ2) is 6.39. The SMILES string of the molecule is CSC1(C(N)=NO)CCN(C(=O)c2ccc(C)cc2)CC1. The third-order valence-electron chi connectivity index (χ3n) is 4.12. The molecule has 21 heavy (non-hydrogen) atoms. The van der Waals surface area contributed by atoms with Crippen LogP contribution in [-0.4, -0.2) is 45.9 Å². The summed E-state index contributed by atoms with van der Waals surface area (Å²) >= 11 is 1.58. The minimum absolute atomic E-state index is 0.0456. The number of piperidine rings is 1. The number of amides is 1. The normalized spacial score (nSPS) is 18.6. The Morgan fingerprint density at radius 1 is 1.33 bits per heavy atom. The number of hydrogen-bond acceptors (Lipinski definition) is 4. The van der Waals surface area contributed by atoms with Crippen molar-refractivity contribution in [3.63, 3.8) is 0 Å². The number of carbonyl (C=O) groups excluding carboxylic acids is 1. The summed E-state index contributed by atoms with van der Waals surface area (Å²) in [7, 11) is 0. The Labute approximate surface area is 129 Å². The molecule has 1 amide bonds. The second-order valence-corrected chi connectivity index (χ2v) is 6.53. The molecule has 1 aromatic rings. The molecule has 0 bridgehead atoms. The Hall–Kier alpha value is -1.69. The van der Waals surface area contributed by atoms with Crippen LogP contribution >= 0.6 is 11.8 Å². The number of nitrogens with zero attached hydrogens (tertiary/aromatic N) is 2. The monoisotopic (exact) mass is 307 g/mol. The molecule has 114 valence electrons. The van der Waals surface area contributed by atoms with Crippen LogP contribution in [0.1, 0.15) is 28.8 Å². The van der Waals surface area contributed by atoms with Crippen LogP contribution in [0.3, 0.4) is 0 Å². The number of carbonyl (C=O) groups is 1.